The normalized spacial score (nSPS) is 16.6. The number of aliphatic hydroxyl groups excluding tert-OH is 1. The van der Waals surface area contributed by atoms with E-state index in [4.69, 9.17) is 5.73 Å². The highest BCUT2D eigenvalue weighted by atomic mass is 32.2. The van der Waals surface area contributed by atoms with Crippen LogP contribution in [-0.4, -0.2) is 52.9 Å². The lowest BCUT2D eigenvalue weighted by Gasteiger charge is -2.21. The SMILES string of the molecule is Cc1cc(C)c2cc1CNCCCCN(CCO)CC(=O)Sc1cc-2[n+]([O-])c(N)n1. The Balaban J connectivity index is 2.02. The van der Waals surface area contributed by atoms with Crippen molar-refractivity contribution in [2.24, 2.45) is 0 Å². The third-order valence-electron chi connectivity index (χ3n) is 5.25. The van der Waals surface area contributed by atoms with E-state index in [0.29, 0.717) is 28.5 Å². The predicted octanol–water partition coefficient (Wildman–Crippen LogP) is 1.38. The largest absolute Gasteiger partial charge is 0.740 e. The third-order valence-corrected chi connectivity index (χ3v) is 6.03. The van der Waals surface area contributed by atoms with E-state index in [-0.39, 0.29) is 24.2 Å². The molecule has 2 heterocycles. The fourth-order valence-electron chi connectivity index (χ4n) is 3.64. The number of rotatable bonds is 2. The van der Waals surface area contributed by atoms with Gasteiger partial charge in [0.25, 0.3) is 0 Å². The first-order chi connectivity index (χ1) is 14.4. The van der Waals surface area contributed by atoms with Crippen LogP contribution in [0.5, 0.6) is 0 Å². The molecule has 30 heavy (non-hydrogen) atoms. The van der Waals surface area contributed by atoms with E-state index in [1.807, 2.05) is 17.9 Å². The zero-order valence-corrected chi connectivity index (χ0v) is 18.3. The summed E-state index contributed by atoms with van der Waals surface area (Å²) >= 11 is 0.978. The number of nitrogens with zero attached hydrogens (tertiary/aromatic N) is 3. The molecule has 0 spiro atoms. The Bertz CT molecular complexity index is 922. The van der Waals surface area contributed by atoms with Crippen molar-refractivity contribution < 1.29 is 14.6 Å². The first-order valence-corrected chi connectivity index (χ1v) is 11.0. The molecule has 0 radical (unpaired) electrons. The third kappa shape index (κ3) is 5.48. The minimum atomic E-state index is -0.184. The number of hydrogen-bond donors (Lipinski definition) is 3. The second-order valence-electron chi connectivity index (χ2n) is 7.58. The molecule has 0 unspecified atom stereocenters. The highest BCUT2D eigenvalue weighted by Gasteiger charge is 2.20. The number of anilines is 1. The second-order valence-corrected chi connectivity index (χ2v) is 8.66. The van der Waals surface area contributed by atoms with Gasteiger partial charge >= 0.3 is 5.95 Å². The average molecular weight is 432 g/mol. The Morgan fingerprint density at radius 2 is 2.10 bits per heavy atom. The summed E-state index contributed by atoms with van der Waals surface area (Å²) in [5, 5.41) is 25.7. The van der Waals surface area contributed by atoms with Crippen molar-refractivity contribution in [3.05, 3.63) is 40.1 Å². The molecule has 4 bridgehead atoms. The van der Waals surface area contributed by atoms with Gasteiger partial charge < -0.3 is 15.6 Å². The maximum atomic E-state index is 12.7. The number of nitrogens with one attached hydrogen (secondary N) is 1. The number of aromatic nitrogens is 2. The van der Waals surface area contributed by atoms with Gasteiger partial charge in [-0.2, -0.15) is 0 Å². The maximum absolute atomic E-state index is 12.7. The van der Waals surface area contributed by atoms with Gasteiger partial charge in [0, 0.05) is 24.7 Å². The number of thioether (sulfide) groups is 1. The van der Waals surface area contributed by atoms with E-state index in [1.54, 1.807) is 6.07 Å². The van der Waals surface area contributed by atoms with E-state index >= 15 is 0 Å². The molecule has 3 rings (SSSR count). The van der Waals surface area contributed by atoms with Crippen molar-refractivity contribution >= 4 is 22.8 Å². The molecule has 0 saturated heterocycles. The lowest BCUT2D eigenvalue weighted by Crippen LogP contribution is -2.35. The van der Waals surface area contributed by atoms with Gasteiger partial charge in [0.15, 0.2) is 5.03 Å². The van der Waals surface area contributed by atoms with Crippen molar-refractivity contribution in [2.45, 2.75) is 38.3 Å². The van der Waals surface area contributed by atoms with Crippen LogP contribution in [-0.2, 0) is 11.3 Å². The number of benzene rings is 1. The van der Waals surface area contributed by atoms with Gasteiger partial charge in [-0.1, -0.05) is 11.1 Å². The fraction of sp³-hybridized carbons (Fsp3) is 0.476. The number of carbonyl (C=O) groups excluding carboxylic acids is 1. The number of nitrogens with two attached hydrogens (primary N) is 1. The van der Waals surface area contributed by atoms with Crippen LogP contribution < -0.4 is 15.8 Å². The highest BCUT2D eigenvalue weighted by Crippen LogP contribution is 2.28. The Kier molecular flexibility index (Phi) is 7.65. The Hall–Kier alpha value is -2.20. The topological polar surface area (TPSA) is 118 Å². The van der Waals surface area contributed by atoms with E-state index in [9.17, 15) is 15.1 Å². The zero-order valence-electron chi connectivity index (χ0n) is 17.5. The van der Waals surface area contributed by atoms with E-state index in [2.05, 4.69) is 23.3 Å². The molecular formula is C21H29N5O3S. The molecular weight excluding hydrogens is 402 g/mol. The molecule has 4 N–H and O–H groups in total. The molecule has 0 atom stereocenters. The van der Waals surface area contributed by atoms with E-state index < -0.39 is 0 Å². The molecule has 0 amide bonds. The highest BCUT2D eigenvalue weighted by molar-refractivity contribution is 8.13. The minimum Gasteiger partial charge on any atom is -0.740 e. The zero-order chi connectivity index (χ0) is 21.7. The van der Waals surface area contributed by atoms with Crippen molar-refractivity contribution in [3.63, 3.8) is 0 Å². The van der Waals surface area contributed by atoms with Crippen LogP contribution in [0.4, 0.5) is 5.95 Å². The quantitative estimate of drug-likeness (QED) is 0.371. The Morgan fingerprint density at radius 1 is 1.30 bits per heavy atom. The summed E-state index contributed by atoms with van der Waals surface area (Å²) in [5.74, 6) is -0.184. The lowest BCUT2D eigenvalue weighted by molar-refractivity contribution is -0.581. The first-order valence-electron chi connectivity index (χ1n) is 10.1. The number of fused-ring (bicyclic) bond motifs is 5. The van der Waals surface area contributed by atoms with Crippen LogP contribution in [0.1, 0.15) is 29.5 Å². The van der Waals surface area contributed by atoms with Crippen molar-refractivity contribution in [1.29, 1.82) is 0 Å². The average Bonchev–Trinajstić information content (AvgIpc) is 2.68. The Morgan fingerprint density at radius 3 is 2.87 bits per heavy atom. The van der Waals surface area contributed by atoms with Gasteiger partial charge in [-0.3, -0.25) is 15.4 Å². The molecule has 0 fully saturated rings. The number of aliphatic hydroxyl groups is 1. The molecule has 9 heteroatoms. The number of carbonyl (C=O) groups is 1. The van der Waals surface area contributed by atoms with Gasteiger partial charge in [-0.15, -0.1) is 0 Å². The molecule has 0 aliphatic carbocycles. The van der Waals surface area contributed by atoms with Crippen LogP contribution in [0.3, 0.4) is 0 Å². The predicted molar refractivity (Wildman–Crippen MR) is 118 cm³/mol. The molecule has 0 saturated carbocycles. The molecule has 1 aromatic carbocycles. The molecule has 1 aliphatic rings. The fourth-order valence-corrected chi connectivity index (χ4v) is 4.43. The van der Waals surface area contributed by atoms with Crippen molar-refractivity contribution in [1.82, 2.24) is 15.2 Å². The molecule has 8 nitrogen and oxygen atoms in total. The number of aryl methyl sites for hydroxylation is 2. The maximum Gasteiger partial charge on any atom is 0.391 e. The van der Waals surface area contributed by atoms with Crippen LogP contribution >= 0.6 is 11.8 Å². The summed E-state index contributed by atoms with van der Waals surface area (Å²) in [7, 11) is 0. The van der Waals surface area contributed by atoms with Gasteiger partial charge in [0.2, 0.25) is 5.12 Å². The van der Waals surface area contributed by atoms with E-state index in [1.165, 1.54) is 0 Å². The summed E-state index contributed by atoms with van der Waals surface area (Å²) in [6.45, 7) is 6.96. The molecule has 1 aliphatic heterocycles. The second kappa shape index (κ2) is 10.2. The summed E-state index contributed by atoms with van der Waals surface area (Å²) in [5.41, 5.74) is 10.3. The van der Waals surface area contributed by atoms with Crippen molar-refractivity contribution in [3.8, 4) is 11.3 Å². The molecule has 1 aromatic heterocycles. The number of β-amino-alcohol motifs (C(OH)–C–C–N with tert-alkyl or cyclic N) is 1. The minimum absolute atomic E-state index is 0.000258. The standard InChI is InChI=1S/C21H29N5O3S/c1-14-9-15(2)17-10-16(14)12-23-5-3-4-6-25(7-8-27)13-20(28)30-19-11-18(17)26(29)21(22)24-19/h9-11,23,27H,3-8,12-13H2,1-2H3,(H2,22,24). The summed E-state index contributed by atoms with van der Waals surface area (Å²) < 4.78 is 0.616. The van der Waals surface area contributed by atoms with Gasteiger partial charge in [-0.05, 0) is 74.3 Å². The first kappa shape index (κ1) is 22.5. The van der Waals surface area contributed by atoms with Crippen LogP contribution in [0.15, 0.2) is 23.2 Å². The molecule has 2 aromatic rings. The number of hydrogen-bond acceptors (Lipinski definition) is 8. The van der Waals surface area contributed by atoms with Crippen LogP contribution in [0.2, 0.25) is 0 Å². The summed E-state index contributed by atoms with van der Waals surface area (Å²) in [6, 6.07) is 5.71. The van der Waals surface area contributed by atoms with E-state index in [0.717, 1.165) is 59.9 Å². The van der Waals surface area contributed by atoms with Crippen molar-refractivity contribution in [2.75, 3.05) is 38.5 Å². The van der Waals surface area contributed by atoms with Gasteiger partial charge in [-0.25, -0.2) is 4.73 Å². The number of nitrogen functional groups attached to an aromatic ring is 1. The lowest BCUT2D eigenvalue weighted by atomic mass is 9.97. The monoisotopic (exact) mass is 431 g/mol. The van der Waals surface area contributed by atoms with Gasteiger partial charge in [0.05, 0.1) is 13.2 Å². The molecule has 162 valence electrons. The summed E-state index contributed by atoms with van der Waals surface area (Å²) in [6.07, 6.45) is 1.90. The summed E-state index contributed by atoms with van der Waals surface area (Å²) in [4.78, 5) is 18.7. The Labute approximate surface area is 181 Å². The van der Waals surface area contributed by atoms with Gasteiger partial charge in [0.1, 0.15) is 5.69 Å². The smallest absolute Gasteiger partial charge is 0.391 e. The van der Waals surface area contributed by atoms with Crippen LogP contribution in [0.25, 0.3) is 11.3 Å². The van der Waals surface area contributed by atoms with Crippen LogP contribution in [0, 0.1) is 19.1 Å².